The van der Waals surface area contributed by atoms with Gasteiger partial charge in [0.25, 0.3) is 0 Å². The van der Waals surface area contributed by atoms with Crippen LogP contribution in [0.1, 0.15) is 39.5 Å². The van der Waals surface area contributed by atoms with Gasteiger partial charge in [0.05, 0.1) is 0 Å². The predicted octanol–water partition coefficient (Wildman–Crippen LogP) is 1.63. The molecular formula is C12H24N2O. The number of rotatable bonds is 3. The van der Waals surface area contributed by atoms with Crippen LogP contribution in [0.4, 0.5) is 0 Å². The largest absolute Gasteiger partial charge is 0.353 e. The molecule has 0 aromatic rings. The first-order valence-corrected chi connectivity index (χ1v) is 5.97. The van der Waals surface area contributed by atoms with Gasteiger partial charge in [-0.2, -0.15) is 0 Å². The summed E-state index contributed by atoms with van der Waals surface area (Å²) in [4.78, 5) is 13.8. The molecule has 0 aliphatic heterocycles. The van der Waals surface area contributed by atoms with Gasteiger partial charge in [-0.3, -0.25) is 4.79 Å². The number of nitrogens with one attached hydrogen (secondary N) is 1. The van der Waals surface area contributed by atoms with E-state index in [2.05, 4.69) is 24.3 Å². The highest BCUT2D eigenvalue weighted by Gasteiger charge is 2.23. The molecule has 0 heterocycles. The molecule has 1 rings (SSSR count). The average Bonchev–Trinajstić information content (AvgIpc) is 2.18. The van der Waals surface area contributed by atoms with Gasteiger partial charge in [-0.05, 0) is 39.8 Å². The fourth-order valence-corrected chi connectivity index (χ4v) is 2.10. The van der Waals surface area contributed by atoms with E-state index in [-0.39, 0.29) is 11.8 Å². The molecule has 15 heavy (non-hydrogen) atoms. The number of nitrogens with zero attached hydrogens (tertiary/aromatic N) is 1. The molecular weight excluding hydrogens is 188 g/mol. The molecule has 3 heteroatoms. The summed E-state index contributed by atoms with van der Waals surface area (Å²) >= 11 is 0. The third-order valence-corrected chi connectivity index (χ3v) is 3.30. The van der Waals surface area contributed by atoms with E-state index in [1.54, 1.807) is 0 Å². The quantitative estimate of drug-likeness (QED) is 0.771. The summed E-state index contributed by atoms with van der Waals surface area (Å²) in [6, 6.07) is 1.12. The van der Waals surface area contributed by atoms with Crippen molar-refractivity contribution < 1.29 is 4.79 Å². The van der Waals surface area contributed by atoms with E-state index >= 15 is 0 Å². The highest BCUT2D eigenvalue weighted by atomic mass is 16.1. The zero-order valence-corrected chi connectivity index (χ0v) is 10.4. The molecule has 1 amide bonds. The summed E-state index contributed by atoms with van der Waals surface area (Å²) in [6.45, 7) is 3.89. The third-order valence-electron chi connectivity index (χ3n) is 3.30. The molecule has 0 aromatic heterocycles. The first kappa shape index (κ1) is 12.5. The second-order valence-electron chi connectivity index (χ2n) is 5.13. The van der Waals surface area contributed by atoms with Gasteiger partial charge in [0.1, 0.15) is 0 Å². The maximum atomic E-state index is 11.5. The lowest BCUT2D eigenvalue weighted by Crippen LogP contribution is -2.43. The van der Waals surface area contributed by atoms with Crippen LogP contribution in [-0.2, 0) is 4.79 Å². The van der Waals surface area contributed by atoms with Crippen LogP contribution < -0.4 is 5.32 Å². The minimum atomic E-state index is 0.108. The second-order valence-corrected chi connectivity index (χ2v) is 5.13. The summed E-state index contributed by atoms with van der Waals surface area (Å²) in [5, 5.41) is 3.12. The van der Waals surface area contributed by atoms with Crippen molar-refractivity contribution in [3.8, 4) is 0 Å². The van der Waals surface area contributed by atoms with Crippen molar-refractivity contribution >= 4 is 5.91 Å². The molecule has 0 aromatic carbocycles. The van der Waals surface area contributed by atoms with Gasteiger partial charge in [0.2, 0.25) is 5.91 Å². The van der Waals surface area contributed by atoms with Gasteiger partial charge in [-0.1, -0.05) is 13.8 Å². The highest BCUT2D eigenvalue weighted by Crippen LogP contribution is 2.21. The van der Waals surface area contributed by atoms with Crippen LogP contribution in [0.15, 0.2) is 0 Å². The fourth-order valence-electron chi connectivity index (χ4n) is 2.10. The van der Waals surface area contributed by atoms with Gasteiger partial charge < -0.3 is 10.2 Å². The third kappa shape index (κ3) is 3.82. The molecule has 0 saturated heterocycles. The zero-order valence-electron chi connectivity index (χ0n) is 10.4. The minimum Gasteiger partial charge on any atom is -0.353 e. The van der Waals surface area contributed by atoms with E-state index in [0.717, 1.165) is 12.8 Å². The normalized spacial score (nSPS) is 27.1. The van der Waals surface area contributed by atoms with Gasteiger partial charge in [-0.25, -0.2) is 0 Å². The molecule has 0 spiro atoms. The van der Waals surface area contributed by atoms with Crippen molar-refractivity contribution in [2.24, 2.45) is 5.92 Å². The summed E-state index contributed by atoms with van der Waals surface area (Å²) in [5.74, 6) is 0.305. The van der Waals surface area contributed by atoms with E-state index in [1.165, 1.54) is 12.8 Å². The van der Waals surface area contributed by atoms with E-state index in [1.807, 2.05) is 13.8 Å². The Morgan fingerprint density at radius 2 is 1.73 bits per heavy atom. The van der Waals surface area contributed by atoms with Gasteiger partial charge in [0.15, 0.2) is 0 Å². The van der Waals surface area contributed by atoms with Crippen molar-refractivity contribution in [2.75, 3.05) is 14.1 Å². The molecule has 0 unspecified atom stereocenters. The number of amides is 1. The maximum Gasteiger partial charge on any atom is 0.222 e. The molecule has 0 radical (unpaired) electrons. The van der Waals surface area contributed by atoms with Gasteiger partial charge >= 0.3 is 0 Å². The molecule has 0 atom stereocenters. The Morgan fingerprint density at radius 3 is 2.13 bits per heavy atom. The Labute approximate surface area is 93.2 Å². The molecule has 3 nitrogen and oxygen atoms in total. The van der Waals surface area contributed by atoms with Gasteiger partial charge in [0, 0.05) is 18.0 Å². The van der Waals surface area contributed by atoms with Crippen LogP contribution in [0.2, 0.25) is 0 Å². The number of carbonyl (C=O) groups is 1. The van der Waals surface area contributed by atoms with Gasteiger partial charge in [-0.15, -0.1) is 0 Å². The van der Waals surface area contributed by atoms with Crippen molar-refractivity contribution in [1.82, 2.24) is 10.2 Å². The minimum absolute atomic E-state index is 0.108. The number of carbonyl (C=O) groups excluding carboxylic acids is 1. The number of hydrogen-bond donors (Lipinski definition) is 1. The lowest BCUT2D eigenvalue weighted by Gasteiger charge is -2.33. The van der Waals surface area contributed by atoms with Crippen molar-refractivity contribution in [3.63, 3.8) is 0 Å². The molecule has 1 N–H and O–H groups in total. The monoisotopic (exact) mass is 212 g/mol. The molecule has 1 aliphatic carbocycles. The topological polar surface area (TPSA) is 32.3 Å². The van der Waals surface area contributed by atoms with Crippen LogP contribution >= 0.6 is 0 Å². The summed E-state index contributed by atoms with van der Waals surface area (Å²) in [6.07, 6.45) is 4.66. The van der Waals surface area contributed by atoms with Crippen molar-refractivity contribution in [2.45, 2.75) is 51.6 Å². The van der Waals surface area contributed by atoms with Crippen molar-refractivity contribution in [3.05, 3.63) is 0 Å². The predicted molar refractivity (Wildman–Crippen MR) is 62.7 cm³/mol. The van der Waals surface area contributed by atoms with E-state index in [0.29, 0.717) is 12.1 Å². The first-order chi connectivity index (χ1) is 7.00. The zero-order chi connectivity index (χ0) is 11.4. The van der Waals surface area contributed by atoms with Crippen molar-refractivity contribution in [1.29, 1.82) is 0 Å². The van der Waals surface area contributed by atoms with Crippen LogP contribution in [-0.4, -0.2) is 37.0 Å². The lowest BCUT2D eigenvalue weighted by atomic mass is 9.90. The second kappa shape index (κ2) is 5.50. The maximum absolute atomic E-state index is 11.5. The average molecular weight is 212 g/mol. The Morgan fingerprint density at radius 1 is 1.20 bits per heavy atom. The van der Waals surface area contributed by atoms with Crippen LogP contribution in [0.3, 0.4) is 0 Å². The molecule has 1 aliphatic rings. The Hall–Kier alpha value is -0.570. The van der Waals surface area contributed by atoms with Crippen LogP contribution in [0.25, 0.3) is 0 Å². The Bertz CT molecular complexity index is 206. The first-order valence-electron chi connectivity index (χ1n) is 5.97. The van der Waals surface area contributed by atoms with Crippen LogP contribution in [0.5, 0.6) is 0 Å². The highest BCUT2D eigenvalue weighted by molar-refractivity contribution is 5.78. The standard InChI is InChI=1S/C12H24N2O/c1-9(2)12(15)13-10-5-7-11(8-6-10)14(3)4/h9-11H,5-8H2,1-4H3,(H,13,15). The molecule has 88 valence electrons. The molecule has 1 fully saturated rings. The van der Waals surface area contributed by atoms with E-state index in [9.17, 15) is 4.79 Å². The summed E-state index contributed by atoms with van der Waals surface area (Å²) in [5.41, 5.74) is 0. The number of hydrogen-bond acceptors (Lipinski definition) is 2. The Kier molecular flexibility index (Phi) is 4.58. The van der Waals surface area contributed by atoms with Crippen LogP contribution in [0, 0.1) is 5.92 Å². The molecule has 1 saturated carbocycles. The summed E-state index contributed by atoms with van der Waals surface area (Å²) < 4.78 is 0. The lowest BCUT2D eigenvalue weighted by molar-refractivity contribution is -0.125. The van der Waals surface area contributed by atoms with E-state index in [4.69, 9.17) is 0 Å². The molecule has 0 bridgehead atoms. The smallest absolute Gasteiger partial charge is 0.222 e. The Balaban J connectivity index is 2.29. The SMILES string of the molecule is CC(C)C(=O)NC1CCC(N(C)C)CC1. The van der Waals surface area contributed by atoms with E-state index < -0.39 is 0 Å². The fraction of sp³-hybridized carbons (Fsp3) is 0.917. The summed E-state index contributed by atoms with van der Waals surface area (Å²) in [7, 11) is 4.27.